The minimum absolute atomic E-state index is 0.0334. The fourth-order valence-corrected chi connectivity index (χ4v) is 3.38. The van der Waals surface area contributed by atoms with Gasteiger partial charge in [-0.15, -0.1) is 0 Å². The summed E-state index contributed by atoms with van der Waals surface area (Å²) in [7, 11) is 0. The summed E-state index contributed by atoms with van der Waals surface area (Å²) in [5, 5.41) is 5.52. The molecule has 6 heteroatoms. The van der Waals surface area contributed by atoms with Crippen LogP contribution in [0.4, 0.5) is 0 Å². The molecule has 0 unspecified atom stereocenters. The second kappa shape index (κ2) is 6.88. The van der Waals surface area contributed by atoms with Crippen LogP contribution in [0.3, 0.4) is 0 Å². The van der Waals surface area contributed by atoms with Gasteiger partial charge in [-0.1, -0.05) is 25.1 Å². The van der Waals surface area contributed by atoms with Crippen LogP contribution < -0.4 is 0 Å². The highest BCUT2D eigenvalue weighted by Gasteiger charge is 2.24. The molecular weight excluding hydrogens is 328 g/mol. The second-order valence-corrected chi connectivity index (χ2v) is 6.45. The van der Waals surface area contributed by atoms with Crippen molar-refractivity contribution in [3.8, 4) is 5.69 Å². The number of para-hydroxylation sites is 1. The molecule has 1 fully saturated rings. The number of aryl methyl sites for hydroxylation is 2. The van der Waals surface area contributed by atoms with Crippen LogP contribution in [-0.4, -0.2) is 51.9 Å². The fourth-order valence-electron chi connectivity index (χ4n) is 3.38. The Morgan fingerprint density at radius 1 is 1.19 bits per heavy atom. The Bertz CT molecular complexity index is 943. The summed E-state index contributed by atoms with van der Waals surface area (Å²) >= 11 is 0. The summed E-state index contributed by atoms with van der Waals surface area (Å²) in [6.45, 7) is 6.40. The second-order valence-electron chi connectivity index (χ2n) is 6.45. The van der Waals surface area contributed by atoms with E-state index in [-0.39, 0.29) is 5.91 Å². The number of benzene rings is 1. The first kappa shape index (κ1) is 16.7. The lowest BCUT2D eigenvalue weighted by Gasteiger charge is -2.27. The van der Waals surface area contributed by atoms with Crippen LogP contribution >= 0.6 is 0 Å². The van der Waals surface area contributed by atoms with E-state index in [0.29, 0.717) is 31.9 Å². The van der Waals surface area contributed by atoms with Crippen molar-refractivity contribution in [1.82, 2.24) is 19.7 Å². The molecule has 0 atom stereocenters. The number of nitrogens with zero attached hydrogens (tertiary/aromatic N) is 4. The van der Waals surface area contributed by atoms with Crippen molar-refractivity contribution in [2.24, 2.45) is 0 Å². The standard InChI is InChI=1S/C20H22N4O2/c1-3-15-13-17(20(25)23-9-11-26-12-10-23)18-14(2)22-24(19(18)21-15)16-7-5-4-6-8-16/h4-8,13H,3,9-12H2,1-2H3. The molecule has 1 saturated heterocycles. The number of hydrogen-bond acceptors (Lipinski definition) is 4. The van der Waals surface area contributed by atoms with Gasteiger partial charge >= 0.3 is 0 Å². The molecule has 1 amide bonds. The summed E-state index contributed by atoms with van der Waals surface area (Å²) in [6.07, 6.45) is 0.762. The van der Waals surface area contributed by atoms with E-state index in [1.54, 1.807) is 0 Å². The van der Waals surface area contributed by atoms with Crippen molar-refractivity contribution in [3.63, 3.8) is 0 Å². The predicted octanol–water partition coefficient (Wildman–Crippen LogP) is 2.76. The summed E-state index contributed by atoms with van der Waals surface area (Å²) in [4.78, 5) is 19.8. The molecule has 26 heavy (non-hydrogen) atoms. The van der Waals surface area contributed by atoms with Crippen molar-refractivity contribution in [1.29, 1.82) is 0 Å². The number of carbonyl (C=O) groups excluding carboxylic acids is 1. The van der Waals surface area contributed by atoms with Gasteiger partial charge in [0.15, 0.2) is 5.65 Å². The molecule has 0 radical (unpaired) electrons. The van der Waals surface area contributed by atoms with Gasteiger partial charge in [0.25, 0.3) is 5.91 Å². The van der Waals surface area contributed by atoms with Gasteiger partial charge in [-0.3, -0.25) is 4.79 Å². The summed E-state index contributed by atoms with van der Waals surface area (Å²) in [5.41, 5.74) is 4.08. The first-order chi connectivity index (χ1) is 12.7. The van der Waals surface area contributed by atoms with Crippen molar-refractivity contribution in [2.75, 3.05) is 26.3 Å². The van der Waals surface area contributed by atoms with Crippen molar-refractivity contribution in [3.05, 3.63) is 53.3 Å². The van der Waals surface area contributed by atoms with Crippen molar-refractivity contribution in [2.45, 2.75) is 20.3 Å². The van der Waals surface area contributed by atoms with Gasteiger partial charge in [-0.25, -0.2) is 9.67 Å². The van der Waals surface area contributed by atoms with Crippen LogP contribution in [0.5, 0.6) is 0 Å². The zero-order chi connectivity index (χ0) is 18.1. The minimum atomic E-state index is 0.0334. The minimum Gasteiger partial charge on any atom is -0.378 e. The number of carbonyl (C=O) groups is 1. The lowest BCUT2D eigenvalue weighted by atomic mass is 10.1. The van der Waals surface area contributed by atoms with E-state index in [9.17, 15) is 4.79 Å². The van der Waals surface area contributed by atoms with E-state index in [4.69, 9.17) is 9.72 Å². The van der Waals surface area contributed by atoms with Gasteiger partial charge < -0.3 is 9.64 Å². The summed E-state index contributed by atoms with van der Waals surface area (Å²) < 4.78 is 7.21. The quantitative estimate of drug-likeness (QED) is 0.729. The van der Waals surface area contributed by atoms with Gasteiger partial charge in [0, 0.05) is 18.8 Å². The van der Waals surface area contributed by atoms with Crippen LogP contribution in [0, 0.1) is 6.92 Å². The molecule has 0 N–H and O–H groups in total. The normalized spacial score (nSPS) is 14.8. The third kappa shape index (κ3) is 2.86. The van der Waals surface area contributed by atoms with Gasteiger partial charge in [0.05, 0.1) is 35.5 Å². The Labute approximate surface area is 152 Å². The number of fused-ring (bicyclic) bond motifs is 1. The monoisotopic (exact) mass is 350 g/mol. The Kier molecular flexibility index (Phi) is 4.42. The summed E-state index contributed by atoms with van der Waals surface area (Å²) in [6, 6.07) is 11.8. The van der Waals surface area contributed by atoms with E-state index >= 15 is 0 Å². The van der Waals surface area contributed by atoms with Crippen LogP contribution in [0.25, 0.3) is 16.7 Å². The molecule has 6 nitrogen and oxygen atoms in total. The maximum atomic E-state index is 13.2. The molecule has 0 bridgehead atoms. The number of rotatable bonds is 3. The molecule has 0 aliphatic carbocycles. The van der Waals surface area contributed by atoms with Gasteiger partial charge in [-0.05, 0) is 31.5 Å². The van der Waals surface area contributed by atoms with Crippen LogP contribution in [0.2, 0.25) is 0 Å². The van der Waals surface area contributed by atoms with Gasteiger partial charge in [-0.2, -0.15) is 5.10 Å². The maximum Gasteiger partial charge on any atom is 0.254 e. The molecule has 1 aliphatic heterocycles. The third-order valence-electron chi connectivity index (χ3n) is 4.76. The Morgan fingerprint density at radius 3 is 2.62 bits per heavy atom. The zero-order valence-electron chi connectivity index (χ0n) is 15.1. The first-order valence-electron chi connectivity index (χ1n) is 9.00. The SMILES string of the molecule is CCc1cc(C(=O)N2CCOCC2)c2c(C)nn(-c3ccccc3)c2n1. The topological polar surface area (TPSA) is 60.3 Å². The van der Waals surface area contributed by atoms with E-state index in [0.717, 1.165) is 34.5 Å². The molecule has 4 rings (SSSR count). The molecule has 0 saturated carbocycles. The lowest BCUT2D eigenvalue weighted by molar-refractivity contribution is 0.0304. The van der Waals surface area contributed by atoms with E-state index in [2.05, 4.69) is 5.10 Å². The highest BCUT2D eigenvalue weighted by Crippen LogP contribution is 2.26. The number of hydrogen-bond donors (Lipinski definition) is 0. The highest BCUT2D eigenvalue weighted by molar-refractivity contribution is 6.06. The highest BCUT2D eigenvalue weighted by atomic mass is 16.5. The van der Waals surface area contributed by atoms with E-state index < -0.39 is 0 Å². The average molecular weight is 350 g/mol. The predicted molar refractivity (Wildman–Crippen MR) is 99.7 cm³/mol. The molecule has 0 spiro atoms. The molecule has 1 aromatic carbocycles. The van der Waals surface area contributed by atoms with Crippen LogP contribution in [0.1, 0.15) is 28.7 Å². The number of ether oxygens (including phenoxy) is 1. The lowest BCUT2D eigenvalue weighted by Crippen LogP contribution is -2.40. The van der Waals surface area contributed by atoms with Crippen molar-refractivity contribution < 1.29 is 9.53 Å². The van der Waals surface area contributed by atoms with Crippen LogP contribution in [0.15, 0.2) is 36.4 Å². The number of morpholine rings is 1. The molecule has 3 aromatic rings. The van der Waals surface area contributed by atoms with Crippen molar-refractivity contribution >= 4 is 16.9 Å². The van der Waals surface area contributed by atoms with Gasteiger partial charge in [0.2, 0.25) is 0 Å². The smallest absolute Gasteiger partial charge is 0.254 e. The van der Waals surface area contributed by atoms with Crippen LogP contribution in [-0.2, 0) is 11.2 Å². The molecule has 1 aliphatic rings. The Morgan fingerprint density at radius 2 is 1.92 bits per heavy atom. The fraction of sp³-hybridized carbons (Fsp3) is 0.350. The molecule has 3 heterocycles. The Balaban J connectivity index is 1.90. The number of aromatic nitrogens is 3. The van der Waals surface area contributed by atoms with E-state index in [1.807, 2.05) is 59.8 Å². The summed E-state index contributed by atoms with van der Waals surface area (Å²) in [5.74, 6) is 0.0334. The zero-order valence-corrected chi connectivity index (χ0v) is 15.1. The largest absolute Gasteiger partial charge is 0.378 e. The Hall–Kier alpha value is -2.73. The number of pyridine rings is 1. The average Bonchev–Trinajstić information content (AvgIpc) is 3.04. The first-order valence-corrected chi connectivity index (χ1v) is 9.00. The van der Waals surface area contributed by atoms with E-state index in [1.165, 1.54) is 0 Å². The number of amides is 1. The molecular formula is C20H22N4O2. The maximum absolute atomic E-state index is 13.2. The van der Waals surface area contributed by atoms with Gasteiger partial charge in [0.1, 0.15) is 0 Å². The molecule has 134 valence electrons. The third-order valence-corrected chi connectivity index (χ3v) is 4.76. The molecule has 2 aromatic heterocycles.